The van der Waals surface area contributed by atoms with E-state index in [0.29, 0.717) is 16.3 Å². The third-order valence-corrected chi connectivity index (χ3v) is 5.49. The Balaban J connectivity index is 1.63. The summed E-state index contributed by atoms with van der Waals surface area (Å²) < 4.78 is 52.4. The number of thiazole rings is 1. The topological polar surface area (TPSA) is 62.3 Å². The first kappa shape index (κ1) is 23.4. The molecule has 0 bridgehead atoms. The van der Waals surface area contributed by atoms with E-state index in [0.717, 1.165) is 12.1 Å². The number of amides is 2. The largest absolute Gasteiger partial charge is 0.418 e. The number of anilines is 1. The molecule has 5 nitrogen and oxygen atoms in total. The molecule has 1 N–H and O–H groups in total. The van der Waals surface area contributed by atoms with Crippen LogP contribution in [0.15, 0.2) is 53.9 Å². The molecule has 0 aliphatic heterocycles. The molecule has 0 aliphatic rings. The lowest BCUT2D eigenvalue weighted by Gasteiger charge is -2.21. The quantitative estimate of drug-likeness (QED) is 0.500. The summed E-state index contributed by atoms with van der Waals surface area (Å²) in [5.74, 6) is -1.49. The first-order valence-corrected chi connectivity index (χ1v) is 10.5. The Hall–Kier alpha value is -3.27. The number of nitrogens with zero attached hydrogens (tertiary/aromatic N) is 2. The Bertz CT molecular complexity index is 1100. The summed E-state index contributed by atoms with van der Waals surface area (Å²) in [5.41, 5.74) is -0.124. The average molecular weight is 465 g/mol. The van der Waals surface area contributed by atoms with Crippen LogP contribution in [0.25, 0.3) is 10.6 Å². The van der Waals surface area contributed by atoms with Gasteiger partial charge in [0.25, 0.3) is 0 Å². The molecule has 0 radical (unpaired) electrons. The van der Waals surface area contributed by atoms with Gasteiger partial charge in [0.1, 0.15) is 10.8 Å². The standard InChI is InChI=1S/C22H19F4N3O2S/c1-2-29(12-19(30)28-18-6-4-3-5-17(18)22(24,25)26)20(31)11-16-13-32-21(27-16)14-7-9-15(23)10-8-14/h3-10,13H,2,11-12H2,1H3,(H,28,30). The van der Waals surface area contributed by atoms with Crippen molar-refractivity contribution in [3.05, 3.63) is 71.0 Å². The molecule has 168 valence electrons. The number of carbonyl (C=O) groups excluding carboxylic acids is 2. The van der Waals surface area contributed by atoms with Crippen LogP contribution in [0.2, 0.25) is 0 Å². The first-order valence-electron chi connectivity index (χ1n) is 9.61. The monoisotopic (exact) mass is 465 g/mol. The number of aromatic nitrogens is 1. The van der Waals surface area contributed by atoms with Crippen molar-refractivity contribution < 1.29 is 27.2 Å². The molecule has 0 unspecified atom stereocenters. The number of hydrogen-bond donors (Lipinski definition) is 1. The average Bonchev–Trinajstić information content (AvgIpc) is 3.20. The van der Waals surface area contributed by atoms with Crippen molar-refractivity contribution in [2.24, 2.45) is 0 Å². The zero-order valence-electron chi connectivity index (χ0n) is 16.9. The van der Waals surface area contributed by atoms with Gasteiger partial charge in [-0.2, -0.15) is 13.2 Å². The maximum Gasteiger partial charge on any atom is 0.418 e. The number of hydrogen-bond acceptors (Lipinski definition) is 4. The molecule has 10 heteroatoms. The molecule has 1 aromatic heterocycles. The van der Waals surface area contributed by atoms with Crippen molar-refractivity contribution in [1.82, 2.24) is 9.88 Å². The van der Waals surface area contributed by atoms with E-state index in [1.54, 1.807) is 24.4 Å². The Morgan fingerprint density at radius 3 is 2.44 bits per heavy atom. The number of halogens is 4. The summed E-state index contributed by atoms with van der Waals surface area (Å²) >= 11 is 1.30. The first-order chi connectivity index (χ1) is 15.2. The summed E-state index contributed by atoms with van der Waals surface area (Å²) in [7, 11) is 0. The number of likely N-dealkylation sites (N-methyl/N-ethyl adjacent to an activating group) is 1. The predicted molar refractivity (Wildman–Crippen MR) is 114 cm³/mol. The van der Waals surface area contributed by atoms with Crippen molar-refractivity contribution in [3.8, 4) is 10.6 Å². The van der Waals surface area contributed by atoms with Crippen LogP contribution in [0, 0.1) is 5.82 Å². The zero-order chi connectivity index (χ0) is 23.3. The van der Waals surface area contributed by atoms with E-state index in [9.17, 15) is 27.2 Å². The molecule has 1 heterocycles. The molecule has 3 aromatic rings. The van der Waals surface area contributed by atoms with Crippen molar-refractivity contribution in [2.75, 3.05) is 18.4 Å². The third-order valence-electron chi connectivity index (χ3n) is 4.55. The van der Waals surface area contributed by atoms with Crippen molar-refractivity contribution in [1.29, 1.82) is 0 Å². The van der Waals surface area contributed by atoms with Gasteiger partial charge in [-0.15, -0.1) is 11.3 Å². The molecule has 2 aromatic carbocycles. The van der Waals surface area contributed by atoms with Crippen LogP contribution in [0.3, 0.4) is 0 Å². The highest BCUT2D eigenvalue weighted by Gasteiger charge is 2.33. The van der Waals surface area contributed by atoms with E-state index in [-0.39, 0.29) is 30.4 Å². The lowest BCUT2D eigenvalue weighted by molar-refractivity contribution is -0.137. The highest BCUT2D eigenvalue weighted by atomic mass is 32.1. The van der Waals surface area contributed by atoms with Crippen molar-refractivity contribution in [2.45, 2.75) is 19.5 Å². The predicted octanol–water partition coefficient (Wildman–Crippen LogP) is 5.00. The van der Waals surface area contributed by atoms with Gasteiger partial charge in [-0.1, -0.05) is 12.1 Å². The van der Waals surface area contributed by atoms with Gasteiger partial charge in [0.05, 0.1) is 29.9 Å². The van der Waals surface area contributed by atoms with Gasteiger partial charge in [0, 0.05) is 17.5 Å². The fraction of sp³-hybridized carbons (Fsp3) is 0.227. The van der Waals surface area contributed by atoms with E-state index in [1.165, 1.54) is 40.5 Å². The molecular weight excluding hydrogens is 446 g/mol. The highest BCUT2D eigenvalue weighted by molar-refractivity contribution is 7.13. The van der Waals surface area contributed by atoms with Crippen LogP contribution in [0.1, 0.15) is 18.2 Å². The molecule has 32 heavy (non-hydrogen) atoms. The van der Waals surface area contributed by atoms with Gasteiger partial charge in [0.15, 0.2) is 0 Å². The highest BCUT2D eigenvalue weighted by Crippen LogP contribution is 2.34. The summed E-state index contributed by atoms with van der Waals surface area (Å²) in [6.45, 7) is 1.47. The van der Waals surface area contributed by atoms with Gasteiger partial charge < -0.3 is 10.2 Å². The summed E-state index contributed by atoms with van der Waals surface area (Å²) in [5, 5.41) is 4.55. The summed E-state index contributed by atoms with van der Waals surface area (Å²) in [4.78, 5) is 30.6. The molecular formula is C22H19F4N3O2S. The van der Waals surface area contributed by atoms with Crippen LogP contribution >= 0.6 is 11.3 Å². The maximum atomic E-state index is 13.1. The maximum absolute atomic E-state index is 13.1. The molecule has 0 fully saturated rings. The second-order valence-corrected chi connectivity index (χ2v) is 7.69. The van der Waals surface area contributed by atoms with E-state index >= 15 is 0 Å². The van der Waals surface area contributed by atoms with Gasteiger partial charge in [-0.05, 0) is 43.3 Å². The molecule has 0 saturated heterocycles. The van der Waals surface area contributed by atoms with Crippen LogP contribution in [0.5, 0.6) is 0 Å². The Morgan fingerprint density at radius 2 is 1.78 bits per heavy atom. The smallest absolute Gasteiger partial charge is 0.333 e. The van der Waals surface area contributed by atoms with Gasteiger partial charge in [0.2, 0.25) is 11.8 Å². The number of nitrogens with one attached hydrogen (secondary N) is 1. The fourth-order valence-electron chi connectivity index (χ4n) is 2.96. The van der Waals surface area contributed by atoms with E-state index in [4.69, 9.17) is 0 Å². The number of benzene rings is 2. The molecule has 0 atom stereocenters. The normalized spacial score (nSPS) is 11.3. The van der Waals surface area contributed by atoms with E-state index in [2.05, 4.69) is 10.3 Å². The second kappa shape index (κ2) is 9.90. The number of rotatable bonds is 7. The Kier molecular flexibility index (Phi) is 7.24. The van der Waals surface area contributed by atoms with Crippen LogP contribution in [-0.4, -0.2) is 34.8 Å². The number of alkyl halides is 3. The Labute approximate surface area is 185 Å². The number of carbonyl (C=O) groups is 2. The van der Waals surface area contributed by atoms with E-state index in [1.807, 2.05) is 0 Å². The van der Waals surface area contributed by atoms with Crippen molar-refractivity contribution in [3.63, 3.8) is 0 Å². The fourth-order valence-corrected chi connectivity index (χ4v) is 3.78. The molecule has 2 amide bonds. The van der Waals surface area contributed by atoms with Gasteiger partial charge >= 0.3 is 6.18 Å². The second-order valence-electron chi connectivity index (χ2n) is 6.83. The lowest BCUT2D eigenvalue weighted by Crippen LogP contribution is -2.39. The molecule has 0 spiro atoms. The van der Waals surface area contributed by atoms with Crippen LogP contribution in [0.4, 0.5) is 23.2 Å². The summed E-state index contributed by atoms with van der Waals surface area (Å²) in [6.07, 6.45) is -4.69. The van der Waals surface area contributed by atoms with Crippen LogP contribution < -0.4 is 5.32 Å². The van der Waals surface area contributed by atoms with E-state index < -0.39 is 24.2 Å². The van der Waals surface area contributed by atoms with Crippen LogP contribution in [-0.2, 0) is 22.2 Å². The zero-order valence-corrected chi connectivity index (χ0v) is 17.8. The minimum Gasteiger partial charge on any atom is -0.333 e. The minimum atomic E-state index is -4.61. The Morgan fingerprint density at radius 1 is 1.09 bits per heavy atom. The lowest BCUT2D eigenvalue weighted by atomic mass is 10.1. The molecule has 0 aliphatic carbocycles. The van der Waals surface area contributed by atoms with Crippen molar-refractivity contribution >= 4 is 28.8 Å². The summed E-state index contributed by atoms with van der Waals surface area (Å²) in [6, 6.07) is 10.4. The van der Waals surface area contributed by atoms with Gasteiger partial charge in [-0.25, -0.2) is 9.37 Å². The number of para-hydroxylation sites is 1. The third kappa shape index (κ3) is 5.91. The molecule has 3 rings (SSSR count). The SMILES string of the molecule is CCN(CC(=O)Nc1ccccc1C(F)(F)F)C(=O)Cc1csc(-c2ccc(F)cc2)n1. The minimum absolute atomic E-state index is 0.0715. The molecule has 0 saturated carbocycles. The van der Waals surface area contributed by atoms with Gasteiger partial charge in [-0.3, -0.25) is 9.59 Å².